The number of rotatable bonds is 67. The molecule has 0 heterocycles. The molecule has 0 bridgehead atoms. The van der Waals surface area contributed by atoms with Gasteiger partial charge in [-0.1, -0.05) is 292 Å². The number of aliphatic hydroxyl groups excluding tert-OH is 1. The zero-order valence-corrected chi connectivity index (χ0v) is 59.0. The van der Waals surface area contributed by atoms with Crippen molar-refractivity contribution in [3.05, 3.63) is 0 Å². The van der Waals surface area contributed by atoms with Crippen molar-refractivity contribution in [1.82, 2.24) is 0 Å². The largest absolute Gasteiger partial charge is 0.472 e. The smallest absolute Gasteiger partial charge is 0.462 e. The number of esters is 4. The van der Waals surface area contributed by atoms with Gasteiger partial charge in [-0.25, -0.2) is 9.13 Å². The third kappa shape index (κ3) is 61.6. The fourth-order valence-corrected chi connectivity index (χ4v) is 11.9. The number of aliphatic hydroxyl groups is 1. The normalized spacial score (nSPS) is 14.5. The fraction of sp³-hybridized carbons (Fsp3) is 0.942. The van der Waals surface area contributed by atoms with Crippen LogP contribution in [0.3, 0.4) is 0 Å². The molecule has 0 saturated heterocycles. The molecule has 0 saturated carbocycles. The quantitative estimate of drug-likeness (QED) is 0.0222. The van der Waals surface area contributed by atoms with E-state index in [0.717, 1.165) is 102 Å². The molecule has 0 aromatic heterocycles. The summed E-state index contributed by atoms with van der Waals surface area (Å²) in [5.74, 6) is 0.126. The molecule has 0 aromatic carbocycles. The van der Waals surface area contributed by atoms with Crippen LogP contribution in [0, 0.1) is 17.8 Å². The van der Waals surface area contributed by atoms with E-state index < -0.39 is 97.5 Å². The lowest BCUT2D eigenvalue weighted by Crippen LogP contribution is -2.30. The van der Waals surface area contributed by atoms with Gasteiger partial charge in [0.05, 0.1) is 26.4 Å². The van der Waals surface area contributed by atoms with Gasteiger partial charge < -0.3 is 33.8 Å². The Balaban J connectivity index is 5.21. The molecule has 3 N–H and O–H groups in total. The molecule has 0 aliphatic carbocycles. The van der Waals surface area contributed by atoms with Crippen LogP contribution in [0.2, 0.25) is 0 Å². The SMILES string of the molecule is CCCCCCCCCCCC(=O)OC[C@H](COP(=O)(O)OC[C@H](O)COP(=O)(O)OC[C@@H](COC(=O)CCCCCCCCCCCC(C)C)OC(=O)CCCCCCCCCCCCCCCCC(C)CC)OC(=O)CCCCCCCCC(C)C. The third-order valence-electron chi connectivity index (χ3n) is 16.2. The van der Waals surface area contributed by atoms with Crippen LogP contribution in [-0.2, 0) is 65.4 Å². The van der Waals surface area contributed by atoms with Crippen LogP contribution in [0.4, 0.5) is 0 Å². The number of carbonyl (C=O) groups is 4. The van der Waals surface area contributed by atoms with Gasteiger partial charge in [0.25, 0.3) is 0 Å². The second-order valence-corrected chi connectivity index (χ2v) is 29.0. The Labute approximate surface area is 537 Å². The Hall–Kier alpha value is -1.94. The van der Waals surface area contributed by atoms with Gasteiger partial charge in [0.1, 0.15) is 19.3 Å². The predicted molar refractivity (Wildman–Crippen MR) is 354 cm³/mol. The Morgan fingerprint density at radius 1 is 0.330 bits per heavy atom. The lowest BCUT2D eigenvalue weighted by molar-refractivity contribution is -0.161. The average Bonchev–Trinajstić information content (AvgIpc) is 3.51. The summed E-state index contributed by atoms with van der Waals surface area (Å²) in [7, 11) is -9.89. The molecule has 6 atom stereocenters. The molecule has 0 radical (unpaired) electrons. The summed E-state index contributed by atoms with van der Waals surface area (Å²) in [6.07, 6.45) is 43.2. The minimum absolute atomic E-state index is 0.102. The standard InChI is InChI=1S/C69H134O17P2/c1-8-10-11-12-13-21-28-36-43-50-66(71)79-57-65(86-69(74)53-46-39-32-31-34-41-48-61(5)6)59-84-88(77,78)82-55-63(70)54-81-87(75,76)83-58-64(56-80-67(72)51-44-37-29-25-20-22-26-33-40-47-60(3)4)85-68(73)52-45-38-30-24-19-17-15-14-16-18-23-27-35-42-49-62(7)9-2/h60-65,70H,8-59H2,1-7H3,(H,75,76)(H,77,78)/t62?,63-,64-,65-/m1/s1. The van der Waals surface area contributed by atoms with Gasteiger partial charge in [0, 0.05) is 25.7 Å². The van der Waals surface area contributed by atoms with Crippen LogP contribution in [0.1, 0.15) is 344 Å². The summed E-state index contributed by atoms with van der Waals surface area (Å²) in [6, 6.07) is 0. The van der Waals surface area contributed by atoms with Gasteiger partial charge in [0.2, 0.25) is 0 Å². The van der Waals surface area contributed by atoms with Crippen molar-refractivity contribution in [3.8, 4) is 0 Å². The first-order valence-electron chi connectivity index (χ1n) is 35.9. The molecule has 3 unspecified atom stereocenters. The summed E-state index contributed by atoms with van der Waals surface area (Å²) in [4.78, 5) is 72.4. The lowest BCUT2D eigenvalue weighted by atomic mass is 9.99. The minimum Gasteiger partial charge on any atom is -0.462 e. The average molecular weight is 1300 g/mol. The monoisotopic (exact) mass is 1300 g/mol. The highest BCUT2D eigenvalue weighted by Gasteiger charge is 2.30. The van der Waals surface area contributed by atoms with E-state index in [1.165, 1.54) is 154 Å². The number of phosphoric ester groups is 2. The van der Waals surface area contributed by atoms with Crippen molar-refractivity contribution in [1.29, 1.82) is 0 Å². The van der Waals surface area contributed by atoms with Crippen LogP contribution in [0.15, 0.2) is 0 Å². The van der Waals surface area contributed by atoms with E-state index in [4.69, 9.17) is 37.0 Å². The van der Waals surface area contributed by atoms with Gasteiger partial charge in [-0.2, -0.15) is 0 Å². The van der Waals surface area contributed by atoms with Crippen LogP contribution in [-0.4, -0.2) is 96.7 Å². The zero-order chi connectivity index (χ0) is 65.2. The molecule has 0 fully saturated rings. The van der Waals surface area contributed by atoms with Crippen molar-refractivity contribution < 1.29 is 80.2 Å². The van der Waals surface area contributed by atoms with Gasteiger partial charge in [-0.3, -0.25) is 37.3 Å². The molecule has 522 valence electrons. The maximum absolute atomic E-state index is 13.0. The van der Waals surface area contributed by atoms with E-state index in [1.807, 2.05) is 0 Å². The number of carbonyl (C=O) groups excluding carboxylic acids is 4. The lowest BCUT2D eigenvalue weighted by Gasteiger charge is -2.21. The molecule has 0 rings (SSSR count). The summed E-state index contributed by atoms with van der Waals surface area (Å²) < 4.78 is 68.1. The van der Waals surface area contributed by atoms with Gasteiger partial charge >= 0.3 is 39.5 Å². The van der Waals surface area contributed by atoms with Gasteiger partial charge in [-0.05, 0) is 43.4 Å². The van der Waals surface area contributed by atoms with E-state index in [-0.39, 0.29) is 25.7 Å². The molecular weight excluding hydrogens is 1160 g/mol. The summed E-state index contributed by atoms with van der Waals surface area (Å²) in [6.45, 7) is 11.8. The second-order valence-electron chi connectivity index (χ2n) is 26.1. The molecular formula is C69H134O17P2. The number of phosphoric acid groups is 2. The predicted octanol–water partition coefficient (Wildman–Crippen LogP) is 19.5. The number of ether oxygens (including phenoxy) is 4. The Morgan fingerprint density at radius 2 is 0.580 bits per heavy atom. The highest BCUT2D eigenvalue weighted by Crippen LogP contribution is 2.45. The number of hydrogen-bond acceptors (Lipinski definition) is 15. The maximum atomic E-state index is 13.0. The third-order valence-corrected chi connectivity index (χ3v) is 18.1. The van der Waals surface area contributed by atoms with E-state index in [0.29, 0.717) is 31.6 Å². The second kappa shape index (κ2) is 60.0. The van der Waals surface area contributed by atoms with Crippen LogP contribution in [0.5, 0.6) is 0 Å². The van der Waals surface area contributed by atoms with Crippen LogP contribution in [0.25, 0.3) is 0 Å². The van der Waals surface area contributed by atoms with E-state index >= 15 is 0 Å². The summed E-state index contributed by atoms with van der Waals surface area (Å²) in [5, 5.41) is 10.6. The first-order chi connectivity index (χ1) is 42.3. The van der Waals surface area contributed by atoms with Crippen molar-refractivity contribution >= 4 is 39.5 Å². The molecule has 17 nitrogen and oxygen atoms in total. The summed E-state index contributed by atoms with van der Waals surface area (Å²) >= 11 is 0. The number of hydrogen-bond donors (Lipinski definition) is 3. The molecule has 0 spiro atoms. The van der Waals surface area contributed by atoms with Crippen LogP contribution < -0.4 is 0 Å². The van der Waals surface area contributed by atoms with Gasteiger partial charge in [0.15, 0.2) is 12.2 Å². The van der Waals surface area contributed by atoms with Crippen molar-refractivity contribution in [3.63, 3.8) is 0 Å². The first-order valence-corrected chi connectivity index (χ1v) is 38.9. The molecule has 19 heteroatoms. The fourth-order valence-electron chi connectivity index (χ4n) is 10.3. The Bertz CT molecular complexity index is 1730. The molecule has 88 heavy (non-hydrogen) atoms. The van der Waals surface area contributed by atoms with Crippen LogP contribution >= 0.6 is 15.6 Å². The van der Waals surface area contributed by atoms with Gasteiger partial charge in [-0.15, -0.1) is 0 Å². The topological polar surface area (TPSA) is 237 Å². The summed E-state index contributed by atoms with van der Waals surface area (Å²) in [5.41, 5.74) is 0. The van der Waals surface area contributed by atoms with Crippen molar-refractivity contribution in [2.24, 2.45) is 17.8 Å². The number of unbranched alkanes of at least 4 members (excludes halogenated alkanes) is 34. The van der Waals surface area contributed by atoms with Crippen molar-refractivity contribution in [2.45, 2.75) is 362 Å². The Morgan fingerprint density at radius 3 is 0.864 bits per heavy atom. The molecule has 0 aliphatic heterocycles. The highest BCUT2D eigenvalue weighted by molar-refractivity contribution is 7.47. The Kier molecular flexibility index (Phi) is 58.7. The molecule has 0 amide bonds. The van der Waals surface area contributed by atoms with E-state index in [2.05, 4.69) is 48.5 Å². The van der Waals surface area contributed by atoms with E-state index in [9.17, 15) is 43.2 Å². The first kappa shape index (κ1) is 86.1. The minimum atomic E-state index is -4.95. The van der Waals surface area contributed by atoms with E-state index in [1.54, 1.807) is 0 Å². The molecule has 0 aliphatic rings. The highest BCUT2D eigenvalue weighted by atomic mass is 31.2. The maximum Gasteiger partial charge on any atom is 0.472 e. The van der Waals surface area contributed by atoms with Crippen molar-refractivity contribution in [2.75, 3.05) is 39.6 Å². The zero-order valence-electron chi connectivity index (χ0n) is 57.2. The molecule has 0 aromatic rings.